The summed E-state index contributed by atoms with van der Waals surface area (Å²) >= 11 is 7.36. The molecule has 31 heavy (non-hydrogen) atoms. The van der Waals surface area contributed by atoms with E-state index in [0.29, 0.717) is 17.3 Å². The summed E-state index contributed by atoms with van der Waals surface area (Å²) in [6.07, 6.45) is 2.98. The lowest BCUT2D eigenvalue weighted by molar-refractivity contribution is -0.141. The number of nitrogens with zero attached hydrogens (tertiary/aromatic N) is 2. The van der Waals surface area contributed by atoms with Gasteiger partial charge in [0.2, 0.25) is 5.88 Å². The molecule has 1 aromatic heterocycles. The van der Waals surface area contributed by atoms with E-state index in [4.69, 9.17) is 11.6 Å². The highest BCUT2D eigenvalue weighted by atomic mass is 35.5. The van der Waals surface area contributed by atoms with Crippen molar-refractivity contribution in [3.8, 4) is 17.0 Å². The van der Waals surface area contributed by atoms with Crippen LogP contribution in [0.2, 0.25) is 5.02 Å². The molecule has 164 valence electrons. The summed E-state index contributed by atoms with van der Waals surface area (Å²) < 4.78 is 2.57. The van der Waals surface area contributed by atoms with Crippen LogP contribution in [-0.4, -0.2) is 31.1 Å². The molecule has 6 nitrogen and oxygen atoms in total. The van der Waals surface area contributed by atoms with Crippen LogP contribution in [0.15, 0.2) is 64.4 Å². The Morgan fingerprint density at radius 1 is 1.10 bits per heavy atom. The number of halogens is 1. The first-order valence-electron chi connectivity index (χ1n) is 10.1. The van der Waals surface area contributed by atoms with Crippen LogP contribution in [0.3, 0.4) is 0 Å². The molecular weight excluding hydrogens is 436 g/mol. The van der Waals surface area contributed by atoms with Crippen molar-refractivity contribution in [2.24, 2.45) is 5.92 Å². The number of carboxylic acid groups (broad SMARTS) is 1. The van der Waals surface area contributed by atoms with Gasteiger partial charge in [-0.2, -0.15) is 0 Å². The minimum absolute atomic E-state index is 0.0106. The van der Waals surface area contributed by atoms with E-state index in [1.165, 1.54) is 27.1 Å². The van der Waals surface area contributed by atoms with Gasteiger partial charge >= 0.3 is 11.7 Å². The summed E-state index contributed by atoms with van der Waals surface area (Å²) in [5.41, 5.74) is 1.72. The van der Waals surface area contributed by atoms with E-state index in [1.807, 2.05) is 55.5 Å². The normalized spacial score (nSPS) is 12.1. The average Bonchev–Trinajstić information content (AvgIpc) is 3.02. The number of thioether (sulfide) groups is 1. The summed E-state index contributed by atoms with van der Waals surface area (Å²) in [5, 5.41) is 20.3. The average molecular weight is 461 g/mol. The molecule has 3 aromatic rings. The molecule has 3 rings (SSSR count). The number of hydrogen-bond acceptors (Lipinski definition) is 4. The zero-order valence-electron chi connectivity index (χ0n) is 17.2. The predicted molar refractivity (Wildman–Crippen MR) is 124 cm³/mol. The van der Waals surface area contributed by atoms with Gasteiger partial charge in [0.15, 0.2) is 0 Å². The molecule has 0 saturated carbocycles. The molecular formula is C23H25ClN2O4S. The summed E-state index contributed by atoms with van der Waals surface area (Å²) in [7, 11) is 0. The van der Waals surface area contributed by atoms with Crippen LogP contribution in [-0.2, 0) is 17.9 Å². The van der Waals surface area contributed by atoms with E-state index < -0.39 is 11.9 Å². The van der Waals surface area contributed by atoms with Crippen molar-refractivity contribution in [3.63, 3.8) is 0 Å². The molecule has 2 N–H and O–H groups in total. The molecule has 0 aliphatic carbocycles. The van der Waals surface area contributed by atoms with Crippen molar-refractivity contribution in [2.75, 3.05) is 5.75 Å². The number of aromatic hydroxyl groups is 1. The largest absolute Gasteiger partial charge is 0.493 e. The number of imidazole rings is 1. The Kier molecular flexibility index (Phi) is 7.87. The van der Waals surface area contributed by atoms with E-state index in [2.05, 4.69) is 0 Å². The summed E-state index contributed by atoms with van der Waals surface area (Å²) in [5.74, 6) is -1.56. The maximum atomic E-state index is 12.5. The van der Waals surface area contributed by atoms with Gasteiger partial charge in [0.05, 0.1) is 12.1 Å². The van der Waals surface area contributed by atoms with Crippen molar-refractivity contribution < 1.29 is 15.0 Å². The highest BCUT2D eigenvalue weighted by molar-refractivity contribution is 7.99. The van der Waals surface area contributed by atoms with E-state index in [0.717, 1.165) is 28.9 Å². The fourth-order valence-corrected chi connectivity index (χ4v) is 4.29. The van der Waals surface area contributed by atoms with E-state index in [9.17, 15) is 19.8 Å². The molecule has 1 atom stereocenters. The Bertz CT molecular complexity index is 1070. The third-order valence-corrected chi connectivity index (χ3v) is 6.44. The quantitative estimate of drug-likeness (QED) is 0.417. The monoisotopic (exact) mass is 460 g/mol. The van der Waals surface area contributed by atoms with Crippen molar-refractivity contribution in [1.29, 1.82) is 0 Å². The molecule has 0 bridgehead atoms. The maximum absolute atomic E-state index is 12.5. The molecule has 8 heteroatoms. The van der Waals surface area contributed by atoms with Gasteiger partial charge in [-0.1, -0.05) is 49.2 Å². The first-order valence-corrected chi connectivity index (χ1v) is 11.5. The zero-order chi connectivity index (χ0) is 22.4. The second-order valence-electron chi connectivity index (χ2n) is 7.30. The second kappa shape index (κ2) is 10.6. The Morgan fingerprint density at radius 2 is 1.71 bits per heavy atom. The smallest absolute Gasteiger partial charge is 0.331 e. The molecule has 0 amide bonds. The van der Waals surface area contributed by atoms with Gasteiger partial charge in [0.1, 0.15) is 0 Å². The van der Waals surface area contributed by atoms with Crippen LogP contribution in [0.25, 0.3) is 11.1 Å². The third-order valence-electron chi connectivity index (χ3n) is 5.01. The number of benzene rings is 2. The SMILES string of the molecule is CCCCn1c(O)cn(CC(CSc2ccc(-c3ccc(Cl)cc3)cc2)C(=O)O)c1=O. The molecule has 0 radical (unpaired) electrons. The summed E-state index contributed by atoms with van der Waals surface area (Å²) in [4.78, 5) is 25.2. The number of aromatic nitrogens is 2. The van der Waals surface area contributed by atoms with Gasteiger partial charge in [-0.05, 0) is 41.8 Å². The van der Waals surface area contributed by atoms with Gasteiger partial charge in [-0.25, -0.2) is 4.79 Å². The Hall–Kier alpha value is -2.64. The number of hydrogen-bond donors (Lipinski definition) is 2. The van der Waals surface area contributed by atoms with Gasteiger partial charge in [-0.3, -0.25) is 13.9 Å². The van der Waals surface area contributed by atoms with Gasteiger partial charge in [-0.15, -0.1) is 11.8 Å². The molecule has 0 aliphatic rings. The molecule has 0 saturated heterocycles. The Labute approximate surface area is 190 Å². The molecule has 2 aromatic carbocycles. The number of unbranched alkanes of at least 4 members (excludes halogenated alkanes) is 1. The van der Waals surface area contributed by atoms with Crippen LogP contribution in [0.5, 0.6) is 5.88 Å². The molecule has 0 fully saturated rings. The van der Waals surface area contributed by atoms with E-state index >= 15 is 0 Å². The third kappa shape index (κ3) is 5.95. The lowest BCUT2D eigenvalue weighted by Crippen LogP contribution is -2.30. The standard InChI is InChI=1S/C23H25ClN2O4S/c1-2-3-12-26-21(27)14-25(23(26)30)13-18(22(28)29)15-31-20-10-6-17(7-11-20)16-4-8-19(24)9-5-16/h4-11,14,18,27H,2-3,12-13,15H2,1H3,(H,28,29). The number of rotatable bonds is 10. The first kappa shape index (κ1) is 23.0. The number of aliphatic carboxylic acids is 1. The summed E-state index contributed by atoms with van der Waals surface area (Å²) in [6.45, 7) is 2.43. The molecule has 0 spiro atoms. The van der Waals surface area contributed by atoms with Crippen LogP contribution in [0.4, 0.5) is 0 Å². The minimum Gasteiger partial charge on any atom is -0.493 e. The second-order valence-corrected chi connectivity index (χ2v) is 8.83. The first-order chi connectivity index (χ1) is 14.9. The molecule has 1 heterocycles. The maximum Gasteiger partial charge on any atom is 0.331 e. The van der Waals surface area contributed by atoms with Crippen molar-refractivity contribution in [1.82, 2.24) is 9.13 Å². The predicted octanol–water partition coefficient (Wildman–Crippen LogP) is 4.97. The topological polar surface area (TPSA) is 84.5 Å². The van der Waals surface area contributed by atoms with Gasteiger partial charge < -0.3 is 10.2 Å². The van der Waals surface area contributed by atoms with Crippen molar-refractivity contribution >= 4 is 29.3 Å². The highest BCUT2D eigenvalue weighted by Gasteiger charge is 2.21. The number of carboxylic acids is 1. The van der Waals surface area contributed by atoms with Crippen molar-refractivity contribution in [3.05, 3.63) is 70.2 Å². The molecule has 0 aliphatic heterocycles. The van der Waals surface area contributed by atoms with Crippen LogP contribution in [0, 0.1) is 5.92 Å². The highest BCUT2D eigenvalue weighted by Crippen LogP contribution is 2.27. The van der Waals surface area contributed by atoms with Gasteiger partial charge in [0.25, 0.3) is 0 Å². The van der Waals surface area contributed by atoms with E-state index in [-0.39, 0.29) is 18.1 Å². The van der Waals surface area contributed by atoms with Crippen LogP contribution in [0.1, 0.15) is 19.8 Å². The Morgan fingerprint density at radius 3 is 2.29 bits per heavy atom. The molecule has 1 unspecified atom stereocenters. The minimum atomic E-state index is -0.974. The fourth-order valence-electron chi connectivity index (χ4n) is 3.20. The fraction of sp³-hybridized carbons (Fsp3) is 0.304. The lowest BCUT2D eigenvalue weighted by Gasteiger charge is -2.12. The van der Waals surface area contributed by atoms with E-state index in [1.54, 1.807) is 0 Å². The lowest BCUT2D eigenvalue weighted by atomic mass is 10.1. The Balaban J connectivity index is 1.65. The zero-order valence-corrected chi connectivity index (χ0v) is 18.8. The van der Waals surface area contributed by atoms with Crippen LogP contribution < -0.4 is 5.69 Å². The number of carbonyl (C=O) groups is 1. The van der Waals surface area contributed by atoms with Crippen LogP contribution >= 0.6 is 23.4 Å². The van der Waals surface area contributed by atoms with Crippen molar-refractivity contribution in [2.45, 2.75) is 37.8 Å². The van der Waals surface area contributed by atoms with Gasteiger partial charge in [0, 0.05) is 28.8 Å². The summed E-state index contributed by atoms with van der Waals surface area (Å²) in [6, 6.07) is 15.4.